The molecule has 0 radical (unpaired) electrons. The van der Waals surface area contributed by atoms with Crippen molar-refractivity contribution in [3.8, 4) is 0 Å². The van der Waals surface area contributed by atoms with Gasteiger partial charge in [-0.15, -0.1) is 0 Å². The molecule has 0 aromatic rings. The summed E-state index contributed by atoms with van der Waals surface area (Å²) in [5.74, 6) is 0. The molecule has 60 valence electrons. The van der Waals surface area contributed by atoms with Crippen LogP contribution in [0.2, 0.25) is 0 Å². The van der Waals surface area contributed by atoms with Crippen LogP contribution in [-0.2, 0) is 0 Å². The molecule has 0 bridgehead atoms. The van der Waals surface area contributed by atoms with Crippen LogP contribution in [0.5, 0.6) is 0 Å². The van der Waals surface area contributed by atoms with Crippen LogP contribution < -0.4 is 5.32 Å². The molecule has 0 spiro atoms. The lowest BCUT2D eigenvalue weighted by molar-refractivity contribution is -0.0332. The Morgan fingerprint density at radius 3 is 2.50 bits per heavy atom. The van der Waals surface area contributed by atoms with Gasteiger partial charge in [0.1, 0.15) is 0 Å². The molecule has 1 rings (SSSR count). The lowest BCUT2D eigenvalue weighted by atomic mass is 10.4. The lowest BCUT2D eigenvalue weighted by Crippen LogP contribution is -2.15. The van der Waals surface area contributed by atoms with Crippen LogP contribution in [0, 0.1) is 0 Å². The van der Waals surface area contributed by atoms with Crippen molar-refractivity contribution in [1.29, 1.82) is 0 Å². The van der Waals surface area contributed by atoms with Crippen molar-refractivity contribution in [2.24, 2.45) is 0 Å². The Kier molecular flexibility index (Phi) is 2.46. The molecule has 1 saturated heterocycles. The van der Waals surface area contributed by atoms with E-state index in [1.165, 1.54) is 0 Å². The number of halogens is 3. The summed E-state index contributed by atoms with van der Waals surface area (Å²) in [5, 5.41) is 2.61. The van der Waals surface area contributed by atoms with Crippen molar-refractivity contribution < 1.29 is 13.2 Å². The Labute approximate surface area is 61.4 Å². The number of hydrogen-bond acceptors (Lipinski definition) is 2. The molecule has 10 heavy (non-hydrogen) atoms. The van der Waals surface area contributed by atoms with Crippen LogP contribution in [0.15, 0.2) is 0 Å². The third-order valence-corrected chi connectivity index (χ3v) is 2.32. The van der Waals surface area contributed by atoms with Gasteiger partial charge in [-0.1, -0.05) is 0 Å². The minimum Gasteiger partial charge on any atom is -0.316 e. The molecule has 0 aliphatic carbocycles. The Hall–Kier alpha value is 0.1000. The predicted octanol–water partition coefficient (Wildman–Crippen LogP) is 1.60. The lowest BCUT2D eigenvalue weighted by Gasteiger charge is -2.09. The van der Waals surface area contributed by atoms with Crippen molar-refractivity contribution in [3.63, 3.8) is 0 Å². The Morgan fingerprint density at radius 2 is 2.10 bits per heavy atom. The highest BCUT2D eigenvalue weighted by molar-refractivity contribution is 8.00. The van der Waals surface area contributed by atoms with E-state index in [1.54, 1.807) is 0 Å². The quantitative estimate of drug-likeness (QED) is 0.643. The topological polar surface area (TPSA) is 12.0 Å². The molecule has 0 saturated carbocycles. The van der Waals surface area contributed by atoms with Crippen molar-refractivity contribution in [3.05, 3.63) is 0 Å². The summed E-state index contributed by atoms with van der Waals surface area (Å²) in [5.41, 5.74) is -4.06. The van der Waals surface area contributed by atoms with E-state index in [2.05, 4.69) is 5.32 Å². The van der Waals surface area contributed by atoms with Gasteiger partial charge >= 0.3 is 5.51 Å². The largest absolute Gasteiger partial charge is 0.442 e. The molecule has 0 amide bonds. The molecule has 1 nitrogen and oxygen atoms in total. The second-order valence-corrected chi connectivity index (χ2v) is 3.54. The van der Waals surface area contributed by atoms with Gasteiger partial charge < -0.3 is 5.32 Å². The standard InChI is InChI=1S/C5H8F3NS/c6-5(7,8)10-4-1-2-9-3-4/h4,9H,1-3H2/t4-/m0/s1. The molecule has 0 aromatic carbocycles. The summed E-state index contributed by atoms with van der Waals surface area (Å²) in [6.07, 6.45) is 0.629. The van der Waals surface area contributed by atoms with Gasteiger partial charge in [0, 0.05) is 11.8 Å². The minimum atomic E-state index is -4.06. The third-order valence-electron chi connectivity index (χ3n) is 1.32. The summed E-state index contributed by atoms with van der Waals surface area (Å²) in [6.45, 7) is 1.21. The summed E-state index contributed by atoms with van der Waals surface area (Å²) in [4.78, 5) is 0. The number of thioether (sulfide) groups is 1. The van der Waals surface area contributed by atoms with Crippen molar-refractivity contribution in [1.82, 2.24) is 5.32 Å². The maximum Gasteiger partial charge on any atom is 0.442 e. The Morgan fingerprint density at radius 1 is 1.40 bits per heavy atom. The van der Waals surface area contributed by atoms with E-state index in [0.717, 1.165) is 0 Å². The zero-order valence-corrected chi connectivity index (χ0v) is 6.06. The average Bonchev–Trinajstić information content (AvgIpc) is 2.12. The second-order valence-electron chi connectivity index (χ2n) is 2.18. The predicted molar refractivity (Wildman–Crippen MR) is 34.9 cm³/mol. The van der Waals surface area contributed by atoms with Crippen molar-refractivity contribution in [2.45, 2.75) is 17.2 Å². The smallest absolute Gasteiger partial charge is 0.316 e. The molecule has 1 atom stereocenters. The molecule has 1 heterocycles. The molecule has 1 fully saturated rings. The highest BCUT2D eigenvalue weighted by Crippen LogP contribution is 2.35. The number of alkyl halides is 3. The van der Waals surface area contributed by atoms with Crippen LogP contribution in [0.3, 0.4) is 0 Å². The van der Waals surface area contributed by atoms with E-state index >= 15 is 0 Å². The Balaban J connectivity index is 2.24. The van der Waals surface area contributed by atoms with Gasteiger partial charge in [0.05, 0.1) is 0 Å². The van der Waals surface area contributed by atoms with E-state index in [-0.39, 0.29) is 17.0 Å². The first-order chi connectivity index (χ1) is 4.58. The third kappa shape index (κ3) is 2.79. The maximum absolute atomic E-state index is 11.6. The molecular weight excluding hydrogens is 163 g/mol. The molecule has 1 aliphatic heterocycles. The van der Waals surface area contributed by atoms with Crippen molar-refractivity contribution >= 4 is 11.8 Å². The summed E-state index contributed by atoms with van der Waals surface area (Å²) in [6, 6.07) is 0. The number of nitrogens with one attached hydrogen (secondary N) is 1. The number of rotatable bonds is 1. The van der Waals surface area contributed by atoms with Gasteiger partial charge in [-0.05, 0) is 24.7 Å². The zero-order chi connectivity index (χ0) is 7.61. The molecular formula is C5H8F3NS. The highest BCUT2D eigenvalue weighted by atomic mass is 32.2. The van der Waals surface area contributed by atoms with Crippen LogP contribution in [0.4, 0.5) is 13.2 Å². The van der Waals surface area contributed by atoms with E-state index < -0.39 is 5.51 Å². The first kappa shape index (κ1) is 8.20. The zero-order valence-electron chi connectivity index (χ0n) is 5.24. The minimum absolute atomic E-state index is 0.102. The summed E-state index contributed by atoms with van der Waals surface area (Å²) >= 11 is 0.102. The van der Waals surface area contributed by atoms with Crippen LogP contribution >= 0.6 is 11.8 Å². The van der Waals surface area contributed by atoms with E-state index in [4.69, 9.17) is 0 Å². The van der Waals surface area contributed by atoms with Crippen LogP contribution in [0.25, 0.3) is 0 Å². The normalized spacial score (nSPS) is 27.3. The molecule has 0 unspecified atom stereocenters. The number of hydrogen-bond donors (Lipinski definition) is 1. The van der Waals surface area contributed by atoms with Gasteiger partial charge in [0.25, 0.3) is 0 Å². The van der Waals surface area contributed by atoms with E-state index in [9.17, 15) is 13.2 Å². The monoisotopic (exact) mass is 171 g/mol. The first-order valence-electron chi connectivity index (χ1n) is 3.03. The SMILES string of the molecule is FC(F)(F)S[C@H]1CCNC1. The van der Waals surface area contributed by atoms with E-state index in [1.807, 2.05) is 0 Å². The van der Waals surface area contributed by atoms with Crippen LogP contribution in [-0.4, -0.2) is 23.8 Å². The molecule has 0 aromatic heterocycles. The molecule has 1 N–H and O–H groups in total. The van der Waals surface area contributed by atoms with Crippen LogP contribution in [0.1, 0.15) is 6.42 Å². The van der Waals surface area contributed by atoms with Gasteiger partial charge in [-0.25, -0.2) is 0 Å². The fourth-order valence-electron chi connectivity index (χ4n) is 0.918. The average molecular weight is 171 g/mol. The summed E-state index contributed by atoms with van der Waals surface area (Å²) < 4.78 is 34.9. The first-order valence-corrected chi connectivity index (χ1v) is 3.91. The van der Waals surface area contributed by atoms with E-state index in [0.29, 0.717) is 19.5 Å². The molecule has 1 aliphatic rings. The van der Waals surface area contributed by atoms with Gasteiger partial charge in [0.15, 0.2) is 0 Å². The second kappa shape index (κ2) is 3.00. The fourth-order valence-corrected chi connectivity index (χ4v) is 1.73. The maximum atomic E-state index is 11.6. The summed E-state index contributed by atoms with van der Waals surface area (Å²) in [7, 11) is 0. The fraction of sp³-hybridized carbons (Fsp3) is 1.00. The Bertz CT molecular complexity index is 108. The van der Waals surface area contributed by atoms with Gasteiger partial charge in [0.2, 0.25) is 0 Å². The highest BCUT2D eigenvalue weighted by Gasteiger charge is 2.33. The molecule has 5 heteroatoms. The van der Waals surface area contributed by atoms with Gasteiger partial charge in [-0.2, -0.15) is 13.2 Å². The van der Waals surface area contributed by atoms with Crippen molar-refractivity contribution in [2.75, 3.05) is 13.1 Å². The van der Waals surface area contributed by atoms with Gasteiger partial charge in [-0.3, -0.25) is 0 Å².